The molecule has 2 heterocycles. The van der Waals surface area contributed by atoms with Crippen molar-refractivity contribution in [2.75, 3.05) is 0 Å². The number of fused-ring (bicyclic) bond motifs is 1. The van der Waals surface area contributed by atoms with Gasteiger partial charge in [-0.15, -0.1) is 11.3 Å². The molecule has 72 valence electrons. The summed E-state index contributed by atoms with van der Waals surface area (Å²) in [6.07, 6.45) is 1.91. The molecule has 2 nitrogen and oxygen atoms in total. The van der Waals surface area contributed by atoms with Gasteiger partial charge in [-0.2, -0.15) is 0 Å². The molecule has 13 heavy (non-hydrogen) atoms. The van der Waals surface area contributed by atoms with Crippen LogP contribution in [0.4, 0.5) is 0 Å². The molecule has 2 rings (SSSR count). The van der Waals surface area contributed by atoms with Crippen LogP contribution in [0.3, 0.4) is 0 Å². The molecule has 0 atom stereocenters. The zero-order valence-corrected chi connectivity index (χ0v) is 9.70. The van der Waals surface area contributed by atoms with E-state index in [4.69, 9.17) is 0 Å². The van der Waals surface area contributed by atoms with Crippen molar-refractivity contribution >= 4 is 16.3 Å². The molecule has 0 aliphatic heterocycles. The molecule has 0 saturated heterocycles. The fourth-order valence-corrected chi connectivity index (χ4v) is 2.25. The van der Waals surface area contributed by atoms with E-state index in [1.165, 1.54) is 16.3 Å². The van der Waals surface area contributed by atoms with Crippen LogP contribution in [0, 0.1) is 20.8 Å². The Balaban J connectivity index is 0.000000396. The van der Waals surface area contributed by atoms with E-state index in [1.807, 2.05) is 20.0 Å². The zero-order chi connectivity index (χ0) is 10.0. The van der Waals surface area contributed by atoms with Crippen LogP contribution >= 0.6 is 11.3 Å². The fraction of sp³-hybridized carbons (Fsp3) is 0.500. The molecule has 0 aliphatic rings. The first-order valence-corrected chi connectivity index (χ1v) is 5.42. The molecule has 0 amide bonds. The Labute approximate surface area is 83.2 Å². The summed E-state index contributed by atoms with van der Waals surface area (Å²) in [5.74, 6) is 0. The number of imidazole rings is 1. The van der Waals surface area contributed by atoms with Gasteiger partial charge >= 0.3 is 0 Å². The van der Waals surface area contributed by atoms with Crippen LogP contribution in [-0.4, -0.2) is 9.38 Å². The maximum atomic E-state index is 4.28. The summed E-state index contributed by atoms with van der Waals surface area (Å²) in [4.78, 5) is 6.75. The van der Waals surface area contributed by atoms with E-state index >= 15 is 0 Å². The zero-order valence-electron chi connectivity index (χ0n) is 8.88. The summed E-state index contributed by atoms with van der Waals surface area (Å²) in [6, 6.07) is 0. The van der Waals surface area contributed by atoms with Gasteiger partial charge in [0, 0.05) is 22.5 Å². The van der Waals surface area contributed by atoms with E-state index in [0.717, 1.165) is 4.96 Å². The van der Waals surface area contributed by atoms with Gasteiger partial charge in [0.15, 0.2) is 4.96 Å². The van der Waals surface area contributed by atoms with Crippen molar-refractivity contribution in [3.8, 4) is 0 Å². The third-order valence-corrected chi connectivity index (χ3v) is 3.07. The van der Waals surface area contributed by atoms with Gasteiger partial charge in [0.05, 0.1) is 0 Å². The quantitative estimate of drug-likeness (QED) is 0.631. The van der Waals surface area contributed by atoms with E-state index in [1.54, 1.807) is 11.3 Å². The lowest BCUT2D eigenvalue weighted by molar-refractivity contribution is 1.05. The molecule has 0 aliphatic carbocycles. The minimum atomic E-state index is 1.11. The van der Waals surface area contributed by atoms with Gasteiger partial charge in [-0.25, -0.2) is 4.98 Å². The minimum Gasteiger partial charge on any atom is -0.292 e. The van der Waals surface area contributed by atoms with Gasteiger partial charge in [-0.1, -0.05) is 13.8 Å². The maximum Gasteiger partial charge on any atom is 0.194 e. The molecule has 0 radical (unpaired) electrons. The molecule has 0 aromatic carbocycles. The third-order valence-electron chi connectivity index (χ3n) is 2.00. The van der Waals surface area contributed by atoms with Crippen molar-refractivity contribution < 1.29 is 0 Å². The number of thiazole rings is 1. The summed E-state index contributed by atoms with van der Waals surface area (Å²) >= 11 is 1.75. The SMILES string of the molecule is CC.Cc1sc2ncc(C)n2c1C. The van der Waals surface area contributed by atoms with Crippen molar-refractivity contribution in [3.63, 3.8) is 0 Å². The van der Waals surface area contributed by atoms with Crippen LogP contribution in [0.5, 0.6) is 0 Å². The van der Waals surface area contributed by atoms with E-state index in [-0.39, 0.29) is 0 Å². The van der Waals surface area contributed by atoms with E-state index < -0.39 is 0 Å². The topological polar surface area (TPSA) is 17.3 Å². The van der Waals surface area contributed by atoms with Gasteiger partial charge < -0.3 is 0 Å². The molecule has 2 aromatic rings. The van der Waals surface area contributed by atoms with Crippen molar-refractivity contribution in [2.24, 2.45) is 0 Å². The lowest BCUT2D eigenvalue weighted by Gasteiger charge is -1.92. The first-order valence-electron chi connectivity index (χ1n) is 4.60. The Hall–Kier alpha value is -0.830. The normalized spacial score (nSPS) is 9.92. The van der Waals surface area contributed by atoms with Crippen LogP contribution in [-0.2, 0) is 0 Å². The number of hydrogen-bond donors (Lipinski definition) is 0. The molecule has 0 N–H and O–H groups in total. The third kappa shape index (κ3) is 1.61. The number of hydrogen-bond acceptors (Lipinski definition) is 2. The lowest BCUT2D eigenvalue weighted by atomic mass is 10.4. The van der Waals surface area contributed by atoms with Crippen molar-refractivity contribution in [3.05, 3.63) is 22.5 Å². The number of aromatic nitrogens is 2. The van der Waals surface area contributed by atoms with Crippen molar-refractivity contribution in [1.82, 2.24) is 9.38 Å². The van der Waals surface area contributed by atoms with Crippen LogP contribution in [0.1, 0.15) is 30.1 Å². The maximum absolute atomic E-state index is 4.28. The van der Waals surface area contributed by atoms with Gasteiger partial charge in [0.2, 0.25) is 0 Å². The molecule has 0 saturated carbocycles. The number of aryl methyl sites for hydroxylation is 3. The van der Waals surface area contributed by atoms with E-state index in [0.29, 0.717) is 0 Å². The van der Waals surface area contributed by atoms with Crippen molar-refractivity contribution in [2.45, 2.75) is 34.6 Å². The highest BCUT2D eigenvalue weighted by Gasteiger charge is 2.06. The Morgan fingerprint density at radius 1 is 1.23 bits per heavy atom. The van der Waals surface area contributed by atoms with Crippen LogP contribution in [0.15, 0.2) is 6.20 Å². The first kappa shape index (κ1) is 10.3. The van der Waals surface area contributed by atoms with Crippen LogP contribution in [0.2, 0.25) is 0 Å². The molecule has 0 unspecified atom stereocenters. The largest absolute Gasteiger partial charge is 0.292 e. The second-order valence-electron chi connectivity index (χ2n) is 2.76. The van der Waals surface area contributed by atoms with E-state index in [2.05, 4.69) is 30.2 Å². The predicted octanol–water partition coefficient (Wildman–Crippen LogP) is 3.35. The van der Waals surface area contributed by atoms with Crippen LogP contribution < -0.4 is 0 Å². The number of nitrogens with zero attached hydrogens (tertiary/aromatic N) is 2. The van der Waals surface area contributed by atoms with Gasteiger partial charge in [-0.05, 0) is 20.8 Å². The monoisotopic (exact) mass is 196 g/mol. The summed E-state index contributed by atoms with van der Waals surface area (Å²) in [5, 5.41) is 0. The van der Waals surface area contributed by atoms with E-state index in [9.17, 15) is 0 Å². The Morgan fingerprint density at radius 3 is 2.38 bits per heavy atom. The summed E-state index contributed by atoms with van der Waals surface area (Å²) in [5.41, 5.74) is 2.54. The standard InChI is InChI=1S/C8H10N2S.C2H6/c1-5-4-9-8-10(5)6(2)7(3)11-8;1-2/h4H,1-3H3;1-2H3. The Kier molecular flexibility index (Phi) is 3.09. The highest BCUT2D eigenvalue weighted by atomic mass is 32.1. The molecule has 3 heteroatoms. The van der Waals surface area contributed by atoms with Gasteiger partial charge in [0.25, 0.3) is 0 Å². The summed E-state index contributed by atoms with van der Waals surface area (Å²) in [7, 11) is 0. The average Bonchev–Trinajstić information content (AvgIpc) is 2.61. The average molecular weight is 196 g/mol. The molecule has 0 spiro atoms. The highest BCUT2D eigenvalue weighted by molar-refractivity contribution is 7.17. The Morgan fingerprint density at radius 2 is 1.85 bits per heavy atom. The summed E-state index contributed by atoms with van der Waals surface area (Å²) in [6.45, 7) is 10.3. The first-order chi connectivity index (χ1) is 6.20. The Bertz CT molecular complexity index is 398. The highest BCUT2D eigenvalue weighted by Crippen LogP contribution is 2.21. The number of rotatable bonds is 0. The van der Waals surface area contributed by atoms with Gasteiger partial charge in [0.1, 0.15) is 0 Å². The molecule has 0 fully saturated rings. The van der Waals surface area contributed by atoms with Crippen LogP contribution in [0.25, 0.3) is 4.96 Å². The second-order valence-corrected chi connectivity index (χ2v) is 3.94. The predicted molar refractivity (Wildman–Crippen MR) is 58.6 cm³/mol. The second kappa shape index (κ2) is 3.92. The van der Waals surface area contributed by atoms with Gasteiger partial charge in [-0.3, -0.25) is 4.40 Å². The lowest BCUT2D eigenvalue weighted by Crippen LogP contribution is -1.86. The molecular weight excluding hydrogens is 180 g/mol. The smallest absolute Gasteiger partial charge is 0.194 e. The fourth-order valence-electron chi connectivity index (χ4n) is 1.26. The molecule has 0 bridgehead atoms. The van der Waals surface area contributed by atoms with Crippen molar-refractivity contribution in [1.29, 1.82) is 0 Å². The molecular formula is C10H16N2S. The minimum absolute atomic E-state index is 1.11. The summed E-state index contributed by atoms with van der Waals surface area (Å²) < 4.78 is 2.19. The molecule has 2 aromatic heterocycles.